The van der Waals surface area contributed by atoms with Crippen LogP contribution in [-0.2, 0) is 31.9 Å². The van der Waals surface area contributed by atoms with Crippen LogP contribution in [0.3, 0.4) is 0 Å². The average Bonchev–Trinajstić information content (AvgIpc) is 3.00. The Morgan fingerprint density at radius 2 is 1.69 bits per heavy atom. The molecule has 3 aromatic carbocycles. The standard InChI is InChI=1S/C26H24N.C15H30NO.Ir/c1-16(2)13-17-14-19-11-12-27-25-21-10-9-18-7-5-6-8-20(18)24(21)26(3,4)22(15-17)23(19)25;1-4-13(5-2)15(17)11-12(3)16-14-9-7-6-8-10-14;/h5-9,11-12,14-16H,13H2,1-4H3;12-15,17H,4-11H2,1-3H3;/q2*-1;. The third-order valence-electron chi connectivity index (χ3n) is 10.2. The molecule has 0 bridgehead atoms. The van der Waals surface area contributed by atoms with Crippen LogP contribution in [0.5, 0.6) is 0 Å². The smallest absolute Gasteiger partial charge is 0.0554 e. The largest absolute Gasteiger partial charge is 0.657 e. The first-order valence-electron chi connectivity index (χ1n) is 17.4. The molecule has 1 aromatic heterocycles. The molecule has 4 heteroatoms. The van der Waals surface area contributed by atoms with Crippen LogP contribution in [0.2, 0.25) is 0 Å². The van der Waals surface area contributed by atoms with E-state index in [2.05, 4.69) is 103 Å². The molecule has 0 saturated heterocycles. The van der Waals surface area contributed by atoms with E-state index in [1.807, 2.05) is 6.20 Å². The van der Waals surface area contributed by atoms with Crippen molar-refractivity contribution >= 4 is 21.5 Å². The Kier molecular flexibility index (Phi) is 12.4. The molecular weight excluding hydrogens is 729 g/mol. The van der Waals surface area contributed by atoms with Crippen molar-refractivity contribution in [2.45, 2.75) is 130 Å². The van der Waals surface area contributed by atoms with Crippen molar-refractivity contribution in [2.75, 3.05) is 0 Å². The summed E-state index contributed by atoms with van der Waals surface area (Å²) in [6.07, 6.45) is 12.5. The van der Waals surface area contributed by atoms with Crippen molar-refractivity contribution in [2.24, 2.45) is 11.8 Å². The summed E-state index contributed by atoms with van der Waals surface area (Å²) in [5, 5.41) is 20.2. The van der Waals surface area contributed by atoms with Gasteiger partial charge in [-0.3, -0.25) is 0 Å². The van der Waals surface area contributed by atoms with Crippen molar-refractivity contribution in [1.29, 1.82) is 0 Å². The number of rotatable bonds is 9. The second-order valence-corrected chi connectivity index (χ2v) is 14.4. The molecule has 1 fully saturated rings. The molecule has 45 heavy (non-hydrogen) atoms. The summed E-state index contributed by atoms with van der Waals surface area (Å²) < 4.78 is 0. The normalized spacial score (nSPS) is 17.0. The van der Waals surface area contributed by atoms with Gasteiger partial charge in [-0.05, 0) is 63.8 Å². The van der Waals surface area contributed by atoms with Gasteiger partial charge in [0, 0.05) is 26.3 Å². The first-order chi connectivity index (χ1) is 21.1. The fourth-order valence-electron chi connectivity index (χ4n) is 7.85. The number of nitrogens with zero attached hydrogens (tertiary/aromatic N) is 2. The first kappa shape index (κ1) is 35.7. The molecule has 0 amide bonds. The second kappa shape index (κ2) is 15.7. The molecule has 3 nitrogen and oxygen atoms in total. The Balaban J connectivity index is 0.000000224. The average molecular weight is 783 g/mol. The van der Waals surface area contributed by atoms with Crippen molar-refractivity contribution in [1.82, 2.24) is 4.98 Å². The van der Waals surface area contributed by atoms with Gasteiger partial charge in [0.1, 0.15) is 0 Å². The molecule has 245 valence electrons. The number of hydrogen-bond acceptors (Lipinski definition) is 2. The number of aliphatic hydroxyl groups is 1. The maximum Gasteiger partial charge on any atom is 0.0554 e. The number of fused-ring (bicyclic) bond motifs is 4. The van der Waals surface area contributed by atoms with E-state index in [9.17, 15) is 5.11 Å². The minimum Gasteiger partial charge on any atom is -0.657 e. The summed E-state index contributed by atoms with van der Waals surface area (Å²) in [7, 11) is 0. The summed E-state index contributed by atoms with van der Waals surface area (Å²) in [6, 6.07) is 22.2. The van der Waals surface area contributed by atoms with E-state index in [-0.39, 0.29) is 31.6 Å². The number of hydrogen-bond donors (Lipinski definition) is 1. The van der Waals surface area contributed by atoms with E-state index >= 15 is 0 Å². The van der Waals surface area contributed by atoms with E-state index in [4.69, 9.17) is 10.3 Å². The Hall–Kier alpha value is -2.10. The Morgan fingerprint density at radius 3 is 2.38 bits per heavy atom. The van der Waals surface area contributed by atoms with Crippen LogP contribution in [0.4, 0.5) is 0 Å². The summed E-state index contributed by atoms with van der Waals surface area (Å²) in [5.74, 6) is 1.10. The van der Waals surface area contributed by atoms with Gasteiger partial charge >= 0.3 is 0 Å². The maximum atomic E-state index is 10.1. The molecule has 2 atom stereocenters. The maximum absolute atomic E-state index is 10.1. The molecule has 0 spiro atoms. The zero-order valence-electron chi connectivity index (χ0n) is 28.6. The van der Waals surface area contributed by atoms with Crippen LogP contribution in [0.15, 0.2) is 54.7 Å². The number of aliphatic hydroxyl groups excluding tert-OH is 1. The molecule has 6 rings (SSSR count). The van der Waals surface area contributed by atoms with Gasteiger partial charge < -0.3 is 15.4 Å². The fraction of sp³-hybridized carbons (Fsp3) is 0.537. The predicted molar refractivity (Wildman–Crippen MR) is 189 cm³/mol. The SMILES string of the molecule is CC(C)Cc1cc2c3c(nccc3c1)-c1[c-]cc3ccccc3c1C2(C)C.CCC(CC)C(O)CC(C)[N-]C1CCCCC1.[Ir]. The molecule has 0 aliphatic heterocycles. The van der Waals surface area contributed by atoms with Crippen LogP contribution in [-0.4, -0.2) is 28.3 Å². The molecule has 1 N–H and O–H groups in total. The van der Waals surface area contributed by atoms with Crippen LogP contribution in [0, 0.1) is 17.9 Å². The van der Waals surface area contributed by atoms with Gasteiger partial charge in [0.2, 0.25) is 0 Å². The van der Waals surface area contributed by atoms with Crippen LogP contribution >= 0.6 is 0 Å². The first-order valence-corrected chi connectivity index (χ1v) is 17.4. The molecule has 1 heterocycles. The quantitative estimate of drug-likeness (QED) is 0.172. The molecule has 1 radical (unpaired) electrons. The molecule has 2 aliphatic carbocycles. The second-order valence-electron chi connectivity index (χ2n) is 14.4. The van der Waals surface area contributed by atoms with Gasteiger partial charge in [-0.15, -0.1) is 35.3 Å². The van der Waals surface area contributed by atoms with Crippen LogP contribution in [0.1, 0.15) is 117 Å². The van der Waals surface area contributed by atoms with Crippen molar-refractivity contribution in [3.8, 4) is 11.3 Å². The van der Waals surface area contributed by atoms with Gasteiger partial charge in [0.15, 0.2) is 0 Å². The van der Waals surface area contributed by atoms with Gasteiger partial charge in [-0.2, -0.15) is 0 Å². The molecule has 2 aliphatic rings. The van der Waals surface area contributed by atoms with Gasteiger partial charge in [0.05, 0.1) is 6.10 Å². The monoisotopic (exact) mass is 783 g/mol. The summed E-state index contributed by atoms with van der Waals surface area (Å²) in [6.45, 7) is 15.8. The van der Waals surface area contributed by atoms with E-state index in [1.54, 1.807) is 0 Å². The van der Waals surface area contributed by atoms with E-state index in [1.165, 1.54) is 70.3 Å². The Labute approximate surface area is 286 Å². The Bertz CT molecular complexity index is 1550. The number of aromatic nitrogens is 1. The van der Waals surface area contributed by atoms with Crippen LogP contribution < -0.4 is 0 Å². The van der Waals surface area contributed by atoms with E-state index in [0.29, 0.717) is 23.9 Å². The minimum absolute atomic E-state index is 0. The topological polar surface area (TPSA) is 47.2 Å². The summed E-state index contributed by atoms with van der Waals surface area (Å²) in [5.41, 5.74) is 6.33. The van der Waals surface area contributed by atoms with Crippen molar-refractivity contribution < 1.29 is 25.2 Å². The zero-order chi connectivity index (χ0) is 31.4. The number of benzene rings is 3. The van der Waals surface area contributed by atoms with E-state index in [0.717, 1.165) is 36.9 Å². The summed E-state index contributed by atoms with van der Waals surface area (Å²) >= 11 is 0. The van der Waals surface area contributed by atoms with E-state index < -0.39 is 0 Å². The van der Waals surface area contributed by atoms with Crippen molar-refractivity contribution in [3.63, 3.8) is 0 Å². The Morgan fingerprint density at radius 1 is 0.978 bits per heavy atom. The van der Waals surface area contributed by atoms with Crippen LogP contribution in [0.25, 0.3) is 38.1 Å². The third kappa shape index (κ3) is 7.90. The molecule has 1 saturated carbocycles. The van der Waals surface area contributed by atoms with Crippen molar-refractivity contribution in [3.05, 3.63) is 82.8 Å². The molecule has 4 aromatic rings. The zero-order valence-corrected chi connectivity index (χ0v) is 31.0. The predicted octanol–water partition coefficient (Wildman–Crippen LogP) is 11.0. The number of pyridine rings is 1. The third-order valence-corrected chi connectivity index (χ3v) is 10.2. The van der Waals surface area contributed by atoms with Gasteiger partial charge in [0.25, 0.3) is 0 Å². The fourth-order valence-corrected chi connectivity index (χ4v) is 7.85. The summed E-state index contributed by atoms with van der Waals surface area (Å²) in [4.78, 5) is 4.81. The molecule has 2 unspecified atom stereocenters. The van der Waals surface area contributed by atoms with Gasteiger partial charge in [-0.1, -0.05) is 141 Å². The molecular formula is C41H54IrN2O-2. The van der Waals surface area contributed by atoms with Gasteiger partial charge in [-0.25, -0.2) is 0 Å². The minimum atomic E-state index is -0.160.